The third-order valence-corrected chi connectivity index (χ3v) is 10.1. The summed E-state index contributed by atoms with van der Waals surface area (Å²) in [6.45, 7) is 7.54. The standard InChI is InChI=1S/C38H55F2N5O7/c1-23(2)31(44(36(49)51-6)28-17-11-13-19-42-28)33(46)27(21-26-15-9-8-10-16-26)35(48)38(39,40)30(25(5)22-41)34(47)32(24(3)4)45(37(50)52-7)29-18-12-14-20-43-29/h11-14,17-20,23-27,30-32,35,48H,8-10,15-16,21-22,41H2,1-7H3/t25?,27-,30+,31+,32+,35-/m1/s1. The number of Topliss-reactive ketones (excluding diaryl/α,β-unsaturated/α-hetero) is 2. The van der Waals surface area contributed by atoms with Gasteiger partial charge in [0.05, 0.1) is 26.1 Å². The summed E-state index contributed by atoms with van der Waals surface area (Å²) in [6.07, 6.45) is 2.13. The highest BCUT2D eigenvalue weighted by molar-refractivity contribution is 6.00. The molecule has 12 nitrogen and oxygen atoms in total. The highest BCUT2D eigenvalue weighted by Gasteiger charge is 2.59. The van der Waals surface area contributed by atoms with E-state index in [0.29, 0.717) is 12.8 Å². The molecule has 3 N–H and O–H groups in total. The van der Waals surface area contributed by atoms with Crippen LogP contribution in [0.3, 0.4) is 0 Å². The number of aromatic nitrogens is 2. The van der Waals surface area contributed by atoms with Gasteiger partial charge in [0, 0.05) is 12.4 Å². The number of ether oxygens (including phenoxy) is 2. The average molecular weight is 732 g/mol. The normalized spacial score (nSPS) is 17.4. The van der Waals surface area contributed by atoms with Crippen LogP contribution in [0.25, 0.3) is 0 Å². The van der Waals surface area contributed by atoms with Crippen LogP contribution in [-0.2, 0) is 19.1 Å². The zero-order chi connectivity index (χ0) is 38.7. The molecule has 1 saturated carbocycles. The molecule has 0 saturated heterocycles. The van der Waals surface area contributed by atoms with Crippen LogP contribution in [0.5, 0.6) is 0 Å². The number of ketones is 2. The van der Waals surface area contributed by atoms with E-state index >= 15 is 8.78 Å². The first kappa shape index (κ1) is 42.4. The number of hydrogen-bond donors (Lipinski definition) is 2. The van der Waals surface area contributed by atoms with Crippen LogP contribution in [-0.4, -0.2) is 83.7 Å². The van der Waals surface area contributed by atoms with E-state index in [1.807, 2.05) is 0 Å². The maximum atomic E-state index is 17.4. The molecule has 288 valence electrons. The number of carbonyl (C=O) groups is 4. The molecular weight excluding hydrogens is 676 g/mol. The molecule has 14 heteroatoms. The van der Waals surface area contributed by atoms with Crippen molar-refractivity contribution in [2.75, 3.05) is 30.6 Å². The third-order valence-electron chi connectivity index (χ3n) is 10.1. The lowest BCUT2D eigenvalue weighted by Crippen LogP contribution is -2.60. The number of carbonyl (C=O) groups excluding carboxylic acids is 4. The van der Waals surface area contributed by atoms with Crippen molar-refractivity contribution in [1.29, 1.82) is 0 Å². The van der Waals surface area contributed by atoms with Gasteiger partial charge < -0.3 is 20.3 Å². The molecular formula is C38H55F2N5O7. The van der Waals surface area contributed by atoms with E-state index in [4.69, 9.17) is 15.2 Å². The third kappa shape index (κ3) is 9.68. The smallest absolute Gasteiger partial charge is 0.415 e. The summed E-state index contributed by atoms with van der Waals surface area (Å²) in [6, 6.07) is 6.50. The van der Waals surface area contributed by atoms with Crippen molar-refractivity contribution in [3.8, 4) is 0 Å². The van der Waals surface area contributed by atoms with E-state index in [0.717, 1.165) is 43.3 Å². The number of pyridine rings is 2. The number of nitrogens with two attached hydrogens (primary N) is 1. The van der Waals surface area contributed by atoms with Crippen LogP contribution in [0, 0.1) is 35.5 Å². The second kappa shape index (κ2) is 19.2. The fourth-order valence-electron chi connectivity index (χ4n) is 7.42. The van der Waals surface area contributed by atoms with Crippen molar-refractivity contribution in [3.05, 3.63) is 48.8 Å². The molecule has 0 aromatic carbocycles. The summed E-state index contributed by atoms with van der Waals surface area (Å²) >= 11 is 0. The number of aliphatic hydroxyl groups is 1. The minimum absolute atomic E-state index is 0.00645. The second-order valence-electron chi connectivity index (χ2n) is 14.4. The summed E-state index contributed by atoms with van der Waals surface area (Å²) in [5, 5.41) is 12.0. The molecule has 0 aliphatic heterocycles. The number of aliphatic hydroxyl groups excluding tert-OH is 1. The summed E-state index contributed by atoms with van der Waals surface area (Å²) in [5.41, 5.74) is 5.97. The Kier molecular flexibility index (Phi) is 15.6. The number of amides is 2. The van der Waals surface area contributed by atoms with E-state index in [-0.39, 0.29) is 30.5 Å². The van der Waals surface area contributed by atoms with Gasteiger partial charge in [-0.1, -0.05) is 78.9 Å². The number of alkyl halides is 2. The van der Waals surface area contributed by atoms with Crippen LogP contribution in [0.2, 0.25) is 0 Å². The van der Waals surface area contributed by atoms with Crippen molar-refractivity contribution >= 4 is 35.4 Å². The molecule has 1 unspecified atom stereocenters. The van der Waals surface area contributed by atoms with Crippen LogP contribution < -0.4 is 15.5 Å². The Morgan fingerprint density at radius 3 is 1.67 bits per heavy atom. The highest BCUT2D eigenvalue weighted by Crippen LogP contribution is 2.43. The van der Waals surface area contributed by atoms with Gasteiger partial charge in [0.25, 0.3) is 5.92 Å². The minimum atomic E-state index is -4.23. The zero-order valence-electron chi connectivity index (χ0n) is 31.3. The van der Waals surface area contributed by atoms with E-state index in [9.17, 15) is 24.3 Å². The predicted octanol–water partition coefficient (Wildman–Crippen LogP) is 6.30. The van der Waals surface area contributed by atoms with Gasteiger partial charge in [0.1, 0.15) is 29.8 Å². The van der Waals surface area contributed by atoms with Crippen molar-refractivity contribution in [3.63, 3.8) is 0 Å². The van der Waals surface area contributed by atoms with Gasteiger partial charge in [-0.05, 0) is 60.9 Å². The summed E-state index contributed by atoms with van der Waals surface area (Å²) in [5.74, 6) is -12.7. The van der Waals surface area contributed by atoms with Gasteiger partial charge in [0.2, 0.25) is 0 Å². The average Bonchev–Trinajstić information content (AvgIpc) is 3.14. The van der Waals surface area contributed by atoms with E-state index in [1.54, 1.807) is 52.0 Å². The monoisotopic (exact) mass is 731 g/mol. The molecule has 0 bridgehead atoms. The van der Waals surface area contributed by atoms with Gasteiger partial charge in [-0.15, -0.1) is 0 Å². The van der Waals surface area contributed by atoms with Crippen molar-refractivity contribution in [2.45, 2.75) is 97.3 Å². The molecule has 1 aliphatic rings. The van der Waals surface area contributed by atoms with Crippen molar-refractivity contribution in [1.82, 2.24) is 9.97 Å². The van der Waals surface area contributed by atoms with Gasteiger partial charge in [-0.3, -0.25) is 19.4 Å². The Morgan fingerprint density at radius 2 is 1.29 bits per heavy atom. The SMILES string of the molecule is COC(=O)N(c1ccccn1)[C@H](C(=O)[C@@H](CC1CCCCC1)[C@@H](O)C(F)(F)[C@H](C(=O)[C@H](C(C)C)N(C(=O)OC)c1ccccn1)C(C)CN)C(C)C. The molecule has 2 aromatic rings. The molecule has 3 rings (SSSR count). The van der Waals surface area contributed by atoms with Crippen LogP contribution in [0.15, 0.2) is 48.8 Å². The maximum Gasteiger partial charge on any atom is 0.415 e. The van der Waals surface area contributed by atoms with E-state index in [1.165, 1.54) is 31.5 Å². The first-order valence-electron chi connectivity index (χ1n) is 18.0. The van der Waals surface area contributed by atoms with Gasteiger partial charge >= 0.3 is 12.2 Å². The van der Waals surface area contributed by atoms with Crippen LogP contribution in [0.1, 0.15) is 73.1 Å². The number of anilines is 2. The Morgan fingerprint density at radius 1 is 0.827 bits per heavy atom. The van der Waals surface area contributed by atoms with Crippen LogP contribution >= 0.6 is 0 Å². The summed E-state index contributed by atoms with van der Waals surface area (Å²) < 4.78 is 44.8. The molecule has 2 heterocycles. The Labute approximate surface area is 305 Å². The lowest BCUT2D eigenvalue weighted by molar-refractivity contribution is -0.188. The quantitative estimate of drug-likeness (QED) is 0.189. The predicted molar refractivity (Wildman–Crippen MR) is 193 cm³/mol. The number of rotatable bonds is 17. The van der Waals surface area contributed by atoms with Gasteiger partial charge in [-0.2, -0.15) is 0 Å². The Bertz CT molecular complexity index is 1460. The van der Waals surface area contributed by atoms with E-state index in [2.05, 4.69) is 9.97 Å². The molecule has 1 aliphatic carbocycles. The lowest BCUT2D eigenvalue weighted by Gasteiger charge is -2.42. The zero-order valence-corrected chi connectivity index (χ0v) is 31.3. The Balaban J connectivity index is 2.19. The molecule has 2 aromatic heterocycles. The molecule has 2 amide bonds. The topological polar surface area (TPSA) is 165 Å². The first-order valence-corrected chi connectivity index (χ1v) is 18.0. The molecule has 0 spiro atoms. The maximum absolute atomic E-state index is 17.4. The molecule has 1 fully saturated rings. The first-order chi connectivity index (χ1) is 24.6. The number of nitrogens with zero attached hydrogens (tertiary/aromatic N) is 4. The summed E-state index contributed by atoms with van der Waals surface area (Å²) in [7, 11) is 2.24. The molecule has 0 radical (unpaired) electrons. The minimum Gasteiger partial charge on any atom is -0.452 e. The van der Waals surface area contributed by atoms with Crippen LogP contribution in [0.4, 0.5) is 30.0 Å². The Hall–Kier alpha value is -4.04. The molecule has 6 atom stereocenters. The number of hydrogen-bond acceptors (Lipinski definition) is 10. The summed E-state index contributed by atoms with van der Waals surface area (Å²) in [4.78, 5) is 66.3. The van der Waals surface area contributed by atoms with Gasteiger partial charge in [0.15, 0.2) is 11.6 Å². The largest absolute Gasteiger partial charge is 0.452 e. The van der Waals surface area contributed by atoms with E-state index < -0.39 is 77.5 Å². The highest BCUT2D eigenvalue weighted by atomic mass is 19.3. The number of halogens is 2. The van der Waals surface area contributed by atoms with Crippen molar-refractivity contribution in [2.24, 2.45) is 41.2 Å². The molecule has 52 heavy (non-hydrogen) atoms. The lowest BCUT2D eigenvalue weighted by atomic mass is 9.71. The second-order valence-corrected chi connectivity index (χ2v) is 14.4. The number of methoxy groups -OCH3 is 2. The fraction of sp³-hybridized carbons (Fsp3) is 0.632. The fourth-order valence-corrected chi connectivity index (χ4v) is 7.42. The van der Waals surface area contributed by atoms with Gasteiger partial charge in [-0.25, -0.2) is 28.3 Å². The van der Waals surface area contributed by atoms with Crippen molar-refractivity contribution < 1.29 is 42.5 Å².